The van der Waals surface area contributed by atoms with E-state index in [-0.39, 0.29) is 10.8 Å². The Morgan fingerprint density at radius 3 is 2.38 bits per heavy atom. The van der Waals surface area contributed by atoms with Gasteiger partial charge >= 0.3 is 0 Å². The minimum Gasteiger partial charge on any atom is -0.465 e. The van der Waals surface area contributed by atoms with Gasteiger partial charge in [-0.25, -0.2) is 0 Å². The summed E-state index contributed by atoms with van der Waals surface area (Å²) >= 11 is 0. The molecule has 0 saturated heterocycles. The average molecular weight is 175 g/mol. The molecule has 1 heterocycles. The second kappa shape index (κ2) is 2.17. The van der Waals surface area contributed by atoms with Crippen LogP contribution >= 0.6 is 0 Å². The Balaban J connectivity index is 2.43. The van der Waals surface area contributed by atoms with Crippen molar-refractivity contribution in [2.45, 2.75) is 32.6 Å². The molecule has 68 valence electrons. The Kier molecular flexibility index (Phi) is 1.40. The van der Waals surface area contributed by atoms with Gasteiger partial charge in [0, 0.05) is 0 Å². The minimum atomic E-state index is -0.360. The third-order valence-electron chi connectivity index (χ3n) is 3.09. The maximum atomic E-state index is 9.14. The van der Waals surface area contributed by atoms with Crippen molar-refractivity contribution in [3.05, 3.63) is 23.7 Å². The third-order valence-corrected chi connectivity index (χ3v) is 3.09. The standard InChI is InChI=1S/C11H13NO/c1-8-4-5-9(13-8)11(7-12)6-10(11,2)3/h4-5H,6H2,1-3H3. The van der Waals surface area contributed by atoms with Crippen LogP contribution < -0.4 is 0 Å². The highest BCUT2D eigenvalue weighted by atomic mass is 16.3. The Morgan fingerprint density at radius 2 is 2.08 bits per heavy atom. The molecule has 2 nitrogen and oxygen atoms in total. The molecule has 1 fully saturated rings. The van der Waals surface area contributed by atoms with E-state index in [1.807, 2.05) is 19.1 Å². The van der Waals surface area contributed by atoms with Gasteiger partial charge in [-0.3, -0.25) is 0 Å². The molecule has 0 bridgehead atoms. The molecule has 1 aliphatic rings. The number of nitrogens with zero attached hydrogens (tertiary/aromatic N) is 1. The summed E-state index contributed by atoms with van der Waals surface area (Å²) in [5.74, 6) is 1.71. The summed E-state index contributed by atoms with van der Waals surface area (Å²) in [6, 6.07) is 6.22. The molecule has 0 aromatic carbocycles. The van der Waals surface area contributed by atoms with E-state index in [1.165, 1.54) is 0 Å². The number of furan rings is 1. The molecule has 1 aliphatic carbocycles. The zero-order valence-corrected chi connectivity index (χ0v) is 8.22. The SMILES string of the molecule is Cc1ccc(C2(C#N)CC2(C)C)o1. The van der Waals surface area contributed by atoms with E-state index in [1.54, 1.807) is 0 Å². The lowest BCUT2D eigenvalue weighted by molar-refractivity contribution is 0.427. The van der Waals surface area contributed by atoms with Crippen LogP contribution in [0.3, 0.4) is 0 Å². The van der Waals surface area contributed by atoms with Crippen molar-refractivity contribution in [1.29, 1.82) is 5.26 Å². The van der Waals surface area contributed by atoms with E-state index in [9.17, 15) is 0 Å². The van der Waals surface area contributed by atoms with Crippen LogP contribution in [0.5, 0.6) is 0 Å². The molecule has 0 spiro atoms. The summed E-state index contributed by atoms with van der Waals surface area (Å²) in [6.45, 7) is 6.12. The Morgan fingerprint density at radius 1 is 1.46 bits per heavy atom. The topological polar surface area (TPSA) is 36.9 Å². The van der Waals surface area contributed by atoms with Crippen LogP contribution in [0.4, 0.5) is 0 Å². The molecule has 0 radical (unpaired) electrons. The first-order valence-corrected chi connectivity index (χ1v) is 4.50. The van der Waals surface area contributed by atoms with Gasteiger partial charge in [0.2, 0.25) is 0 Å². The summed E-state index contributed by atoms with van der Waals surface area (Å²) in [4.78, 5) is 0. The maximum absolute atomic E-state index is 9.14. The van der Waals surface area contributed by atoms with Crippen molar-refractivity contribution in [2.75, 3.05) is 0 Å². The van der Waals surface area contributed by atoms with E-state index >= 15 is 0 Å². The second-order valence-corrected chi connectivity index (χ2v) is 4.49. The molecule has 1 atom stereocenters. The molecule has 0 aliphatic heterocycles. The van der Waals surface area contributed by atoms with Gasteiger partial charge in [-0.05, 0) is 30.9 Å². The van der Waals surface area contributed by atoms with E-state index < -0.39 is 0 Å². The number of hydrogen-bond acceptors (Lipinski definition) is 2. The van der Waals surface area contributed by atoms with Crippen molar-refractivity contribution < 1.29 is 4.42 Å². The van der Waals surface area contributed by atoms with Gasteiger partial charge in [-0.15, -0.1) is 0 Å². The number of nitriles is 1. The lowest BCUT2D eigenvalue weighted by Crippen LogP contribution is -2.10. The fraction of sp³-hybridized carbons (Fsp3) is 0.545. The lowest BCUT2D eigenvalue weighted by atomic mass is 9.95. The molecule has 2 rings (SSSR count). The highest BCUT2D eigenvalue weighted by molar-refractivity contribution is 5.39. The summed E-state index contributed by atoms with van der Waals surface area (Å²) in [7, 11) is 0. The summed E-state index contributed by atoms with van der Waals surface area (Å²) < 4.78 is 5.51. The van der Waals surface area contributed by atoms with Gasteiger partial charge in [-0.1, -0.05) is 13.8 Å². The Hall–Kier alpha value is -1.23. The quantitative estimate of drug-likeness (QED) is 0.658. The molecule has 13 heavy (non-hydrogen) atoms. The number of rotatable bonds is 1. The molecule has 1 aromatic heterocycles. The zero-order valence-electron chi connectivity index (χ0n) is 8.22. The molecule has 0 amide bonds. The van der Waals surface area contributed by atoms with Crippen molar-refractivity contribution in [3.63, 3.8) is 0 Å². The van der Waals surface area contributed by atoms with Gasteiger partial charge in [-0.2, -0.15) is 5.26 Å². The van der Waals surface area contributed by atoms with E-state index in [4.69, 9.17) is 9.68 Å². The van der Waals surface area contributed by atoms with Gasteiger partial charge < -0.3 is 4.42 Å². The summed E-state index contributed by atoms with van der Waals surface area (Å²) in [5, 5.41) is 9.14. The smallest absolute Gasteiger partial charge is 0.124 e. The molecule has 1 aromatic rings. The van der Waals surface area contributed by atoms with Crippen LogP contribution in [-0.2, 0) is 5.41 Å². The lowest BCUT2D eigenvalue weighted by Gasteiger charge is -2.07. The molecule has 1 saturated carbocycles. The van der Waals surface area contributed by atoms with Crippen LogP contribution in [0.2, 0.25) is 0 Å². The summed E-state index contributed by atoms with van der Waals surface area (Å²) in [6.07, 6.45) is 0.906. The molecular weight excluding hydrogens is 162 g/mol. The number of aryl methyl sites for hydroxylation is 1. The predicted octanol–water partition coefficient (Wildman–Crippen LogP) is 2.78. The van der Waals surface area contributed by atoms with E-state index in [0.717, 1.165) is 17.9 Å². The van der Waals surface area contributed by atoms with Crippen molar-refractivity contribution in [3.8, 4) is 6.07 Å². The Bertz CT molecular complexity index is 383. The molecule has 0 N–H and O–H groups in total. The fourth-order valence-electron chi connectivity index (χ4n) is 1.95. The first-order valence-electron chi connectivity index (χ1n) is 4.50. The maximum Gasteiger partial charge on any atom is 0.124 e. The van der Waals surface area contributed by atoms with Crippen molar-refractivity contribution >= 4 is 0 Å². The first-order chi connectivity index (χ1) is 6.02. The van der Waals surface area contributed by atoms with Crippen LogP contribution in [0, 0.1) is 23.7 Å². The monoisotopic (exact) mass is 175 g/mol. The van der Waals surface area contributed by atoms with Crippen molar-refractivity contribution in [2.24, 2.45) is 5.41 Å². The normalized spacial score (nSPS) is 29.7. The number of hydrogen-bond donors (Lipinski definition) is 0. The summed E-state index contributed by atoms with van der Waals surface area (Å²) in [5.41, 5.74) is -0.284. The molecular formula is C11H13NO. The highest BCUT2D eigenvalue weighted by Gasteiger charge is 2.65. The molecule has 1 unspecified atom stereocenters. The Labute approximate surface area is 78.2 Å². The highest BCUT2D eigenvalue weighted by Crippen LogP contribution is 2.64. The second-order valence-electron chi connectivity index (χ2n) is 4.49. The minimum absolute atomic E-state index is 0.0754. The fourth-order valence-corrected chi connectivity index (χ4v) is 1.95. The van der Waals surface area contributed by atoms with Gasteiger partial charge in [0.1, 0.15) is 16.9 Å². The van der Waals surface area contributed by atoms with Gasteiger partial charge in [0.25, 0.3) is 0 Å². The van der Waals surface area contributed by atoms with Crippen LogP contribution in [0.1, 0.15) is 31.8 Å². The van der Waals surface area contributed by atoms with Crippen molar-refractivity contribution in [1.82, 2.24) is 0 Å². The third kappa shape index (κ3) is 0.935. The van der Waals surface area contributed by atoms with E-state index in [2.05, 4.69) is 19.9 Å². The van der Waals surface area contributed by atoms with Crippen LogP contribution in [0.15, 0.2) is 16.5 Å². The largest absolute Gasteiger partial charge is 0.465 e. The average Bonchev–Trinajstić information content (AvgIpc) is 2.43. The van der Waals surface area contributed by atoms with E-state index in [0.29, 0.717) is 0 Å². The molecule has 2 heteroatoms. The van der Waals surface area contributed by atoms with Gasteiger partial charge in [0.05, 0.1) is 6.07 Å². The first kappa shape index (κ1) is 8.37. The predicted molar refractivity (Wildman–Crippen MR) is 49.1 cm³/mol. The van der Waals surface area contributed by atoms with Crippen LogP contribution in [0.25, 0.3) is 0 Å². The van der Waals surface area contributed by atoms with Crippen LogP contribution in [-0.4, -0.2) is 0 Å². The zero-order chi connectivity index (χ0) is 9.69. The van der Waals surface area contributed by atoms with Gasteiger partial charge in [0.15, 0.2) is 0 Å².